The molecule has 0 aliphatic carbocycles. The largest absolute Gasteiger partial charge is 0.494 e. The van der Waals surface area contributed by atoms with Crippen molar-refractivity contribution in [3.05, 3.63) is 66.2 Å². The SMILES string of the molecule is CCCCCOc1ccc(-c2ccc(-c3ccc(C)cc3)s2)cc1. The molecule has 0 unspecified atom stereocenters. The average Bonchev–Trinajstić information content (AvgIpc) is 3.10. The first kappa shape index (κ1) is 16.8. The number of rotatable bonds is 7. The Hall–Kier alpha value is -2.06. The fourth-order valence-corrected chi connectivity index (χ4v) is 3.64. The van der Waals surface area contributed by atoms with E-state index in [2.05, 4.69) is 74.5 Å². The van der Waals surface area contributed by atoms with E-state index in [0.717, 1.165) is 18.8 Å². The minimum atomic E-state index is 0.809. The lowest BCUT2D eigenvalue weighted by molar-refractivity contribution is 0.306. The zero-order chi connectivity index (χ0) is 16.8. The Morgan fingerprint density at radius 1 is 0.750 bits per heavy atom. The highest BCUT2D eigenvalue weighted by atomic mass is 32.1. The smallest absolute Gasteiger partial charge is 0.119 e. The molecular formula is C22H24OS. The van der Waals surface area contributed by atoms with Gasteiger partial charge in [0.05, 0.1) is 6.61 Å². The molecule has 1 heterocycles. The molecule has 0 aliphatic rings. The van der Waals surface area contributed by atoms with Crippen LogP contribution in [0.1, 0.15) is 31.7 Å². The van der Waals surface area contributed by atoms with Crippen LogP contribution >= 0.6 is 11.3 Å². The number of unbranched alkanes of at least 4 members (excludes halogenated alkanes) is 2. The molecule has 0 saturated carbocycles. The summed E-state index contributed by atoms with van der Waals surface area (Å²) < 4.78 is 5.79. The summed E-state index contributed by atoms with van der Waals surface area (Å²) >= 11 is 1.83. The Labute approximate surface area is 148 Å². The predicted octanol–water partition coefficient (Wildman–Crippen LogP) is 6.96. The molecule has 3 rings (SSSR count). The Morgan fingerprint density at radius 3 is 1.92 bits per heavy atom. The molecule has 0 radical (unpaired) electrons. The van der Waals surface area contributed by atoms with Crippen LogP contribution < -0.4 is 4.74 Å². The Morgan fingerprint density at radius 2 is 1.33 bits per heavy atom. The molecule has 0 atom stereocenters. The maximum absolute atomic E-state index is 5.79. The van der Waals surface area contributed by atoms with E-state index < -0.39 is 0 Å². The van der Waals surface area contributed by atoms with E-state index in [4.69, 9.17) is 4.74 Å². The summed E-state index contributed by atoms with van der Waals surface area (Å²) in [5, 5.41) is 0. The molecule has 3 aromatic rings. The first-order chi connectivity index (χ1) is 11.8. The predicted molar refractivity (Wildman–Crippen MR) is 105 cm³/mol. The molecule has 1 aromatic heterocycles. The number of hydrogen-bond acceptors (Lipinski definition) is 2. The lowest BCUT2D eigenvalue weighted by Gasteiger charge is -2.06. The molecule has 124 valence electrons. The average molecular weight is 336 g/mol. The molecule has 24 heavy (non-hydrogen) atoms. The lowest BCUT2D eigenvalue weighted by Crippen LogP contribution is -1.96. The third-order valence-electron chi connectivity index (χ3n) is 4.10. The Balaban J connectivity index is 1.67. The van der Waals surface area contributed by atoms with Crippen LogP contribution in [0.25, 0.3) is 20.9 Å². The number of ether oxygens (including phenoxy) is 1. The van der Waals surface area contributed by atoms with E-state index in [-0.39, 0.29) is 0 Å². The van der Waals surface area contributed by atoms with Crippen molar-refractivity contribution in [3.63, 3.8) is 0 Å². The van der Waals surface area contributed by atoms with Crippen molar-refractivity contribution in [1.29, 1.82) is 0 Å². The summed E-state index contributed by atoms with van der Waals surface area (Å²) in [7, 11) is 0. The van der Waals surface area contributed by atoms with Gasteiger partial charge in [-0.1, -0.05) is 49.6 Å². The fourth-order valence-electron chi connectivity index (χ4n) is 2.62. The minimum absolute atomic E-state index is 0.809. The highest BCUT2D eigenvalue weighted by molar-refractivity contribution is 7.18. The van der Waals surface area contributed by atoms with Gasteiger partial charge in [-0.25, -0.2) is 0 Å². The number of hydrogen-bond donors (Lipinski definition) is 0. The topological polar surface area (TPSA) is 9.23 Å². The molecule has 0 aliphatic heterocycles. The van der Waals surface area contributed by atoms with Crippen molar-refractivity contribution in [2.24, 2.45) is 0 Å². The van der Waals surface area contributed by atoms with Crippen LogP contribution in [0.4, 0.5) is 0 Å². The van der Waals surface area contributed by atoms with Gasteiger partial charge < -0.3 is 4.74 Å². The molecule has 2 heteroatoms. The summed E-state index contributed by atoms with van der Waals surface area (Å²) in [6.07, 6.45) is 3.59. The Kier molecular flexibility index (Phi) is 5.71. The van der Waals surface area contributed by atoms with Crippen LogP contribution in [0.3, 0.4) is 0 Å². The maximum atomic E-state index is 5.79. The van der Waals surface area contributed by atoms with E-state index in [1.807, 2.05) is 11.3 Å². The van der Waals surface area contributed by atoms with Crippen LogP contribution in [-0.4, -0.2) is 6.61 Å². The molecule has 0 bridgehead atoms. The Bertz CT molecular complexity index is 753. The first-order valence-corrected chi connectivity index (χ1v) is 9.48. The lowest BCUT2D eigenvalue weighted by atomic mass is 10.1. The number of thiophene rings is 1. The molecule has 0 saturated heterocycles. The van der Waals surface area contributed by atoms with Crippen LogP contribution in [0.5, 0.6) is 5.75 Å². The summed E-state index contributed by atoms with van der Waals surface area (Å²) in [4.78, 5) is 2.60. The summed E-state index contributed by atoms with van der Waals surface area (Å²) in [5.74, 6) is 0.963. The molecule has 0 fully saturated rings. The highest BCUT2D eigenvalue weighted by Gasteiger charge is 2.05. The van der Waals surface area contributed by atoms with Crippen molar-refractivity contribution >= 4 is 11.3 Å². The quantitative estimate of drug-likeness (QED) is 0.424. The summed E-state index contributed by atoms with van der Waals surface area (Å²) in [6, 6.07) is 21.6. The van der Waals surface area contributed by atoms with Crippen molar-refractivity contribution < 1.29 is 4.74 Å². The van der Waals surface area contributed by atoms with E-state index in [1.165, 1.54) is 39.3 Å². The van der Waals surface area contributed by atoms with Gasteiger partial charge in [-0.15, -0.1) is 11.3 Å². The molecule has 0 spiro atoms. The van der Waals surface area contributed by atoms with Crippen LogP contribution in [0, 0.1) is 6.92 Å². The van der Waals surface area contributed by atoms with Gasteiger partial charge in [0, 0.05) is 9.75 Å². The molecule has 2 aromatic carbocycles. The second-order valence-electron chi connectivity index (χ2n) is 6.11. The van der Waals surface area contributed by atoms with Crippen LogP contribution in [0.15, 0.2) is 60.7 Å². The molecular weight excluding hydrogens is 312 g/mol. The van der Waals surface area contributed by atoms with E-state index in [1.54, 1.807) is 0 Å². The third-order valence-corrected chi connectivity index (χ3v) is 5.28. The second-order valence-corrected chi connectivity index (χ2v) is 7.19. The normalized spacial score (nSPS) is 10.8. The zero-order valence-corrected chi connectivity index (χ0v) is 15.2. The van der Waals surface area contributed by atoms with Gasteiger partial charge in [-0.2, -0.15) is 0 Å². The summed E-state index contributed by atoms with van der Waals surface area (Å²) in [6.45, 7) is 5.14. The number of aryl methyl sites for hydroxylation is 1. The van der Waals surface area contributed by atoms with Gasteiger partial charge in [-0.3, -0.25) is 0 Å². The van der Waals surface area contributed by atoms with Crippen molar-refractivity contribution in [2.75, 3.05) is 6.61 Å². The van der Waals surface area contributed by atoms with Crippen molar-refractivity contribution in [2.45, 2.75) is 33.1 Å². The molecule has 0 N–H and O–H groups in total. The van der Waals surface area contributed by atoms with Gasteiger partial charge in [0.25, 0.3) is 0 Å². The van der Waals surface area contributed by atoms with Gasteiger partial charge in [-0.05, 0) is 60.9 Å². The third kappa shape index (κ3) is 4.27. The van der Waals surface area contributed by atoms with E-state index in [9.17, 15) is 0 Å². The first-order valence-electron chi connectivity index (χ1n) is 8.66. The van der Waals surface area contributed by atoms with Crippen LogP contribution in [-0.2, 0) is 0 Å². The van der Waals surface area contributed by atoms with Crippen LogP contribution in [0.2, 0.25) is 0 Å². The highest BCUT2D eigenvalue weighted by Crippen LogP contribution is 2.35. The zero-order valence-electron chi connectivity index (χ0n) is 14.4. The van der Waals surface area contributed by atoms with Gasteiger partial charge in [0.2, 0.25) is 0 Å². The summed E-state index contributed by atoms with van der Waals surface area (Å²) in [5.41, 5.74) is 3.83. The van der Waals surface area contributed by atoms with Crippen molar-refractivity contribution in [3.8, 4) is 26.6 Å². The second kappa shape index (κ2) is 8.16. The minimum Gasteiger partial charge on any atom is -0.494 e. The van der Waals surface area contributed by atoms with E-state index in [0.29, 0.717) is 0 Å². The standard InChI is InChI=1S/C22H24OS/c1-3-4-5-16-23-20-12-10-19(11-13-20)22-15-14-21(24-22)18-8-6-17(2)7-9-18/h6-15H,3-5,16H2,1-2H3. The van der Waals surface area contributed by atoms with E-state index >= 15 is 0 Å². The van der Waals surface area contributed by atoms with Gasteiger partial charge in [0.15, 0.2) is 0 Å². The maximum Gasteiger partial charge on any atom is 0.119 e. The van der Waals surface area contributed by atoms with Gasteiger partial charge in [0.1, 0.15) is 5.75 Å². The monoisotopic (exact) mass is 336 g/mol. The van der Waals surface area contributed by atoms with Crippen molar-refractivity contribution in [1.82, 2.24) is 0 Å². The molecule has 0 amide bonds. The molecule has 1 nitrogen and oxygen atoms in total. The number of benzene rings is 2. The fraction of sp³-hybridized carbons (Fsp3) is 0.273. The van der Waals surface area contributed by atoms with Gasteiger partial charge >= 0.3 is 0 Å².